The minimum atomic E-state index is -4.98. The number of ketones is 2. The Morgan fingerprint density at radius 1 is 0.907 bits per heavy atom. The number of amides is 2. The number of ether oxygens (including phenoxy) is 1. The van der Waals surface area contributed by atoms with Gasteiger partial charge in [-0.1, -0.05) is 55.2 Å². The Hall–Kier alpha value is -3.25. The van der Waals surface area contributed by atoms with Crippen molar-refractivity contribution in [1.82, 2.24) is 10.6 Å². The normalized spacial score (nSPS) is 13.3. The average Bonchev–Trinajstić information content (AvgIpc) is 2.94. The summed E-state index contributed by atoms with van der Waals surface area (Å²) in [6.45, 7) is 0.653. The molecule has 0 saturated heterocycles. The Labute approximate surface area is 255 Å². The predicted molar refractivity (Wildman–Crippen MR) is 150 cm³/mol. The smallest absolute Gasteiger partial charge is 0.405 e. The van der Waals surface area contributed by atoms with Crippen molar-refractivity contribution < 1.29 is 45.9 Å². The number of hydrogen-bond donors (Lipinski definition) is 2. The second kappa shape index (κ2) is 15.5. The fourth-order valence-corrected chi connectivity index (χ4v) is 4.41. The SMILES string of the molecule is COc1ccc(C[C@H](NC(=O)CCc2ccc(Cl)c(Cl)c2)C(=O)C[C@H](C(=O)C(F)(F)C(=O)NCC(F)(F)F)C(C)C)cc1. The van der Waals surface area contributed by atoms with E-state index in [1.54, 1.807) is 42.5 Å². The van der Waals surface area contributed by atoms with Crippen molar-refractivity contribution in [2.75, 3.05) is 13.7 Å². The fraction of sp³-hybridized carbons (Fsp3) is 0.448. The zero-order valence-electron chi connectivity index (χ0n) is 23.5. The Kier molecular flexibility index (Phi) is 12.9. The molecule has 2 aromatic carbocycles. The van der Waals surface area contributed by atoms with Gasteiger partial charge in [-0.05, 0) is 54.2 Å². The topological polar surface area (TPSA) is 102 Å². The number of alkyl halides is 5. The molecule has 2 rings (SSSR count). The summed E-state index contributed by atoms with van der Waals surface area (Å²) in [5.74, 6) is -12.7. The van der Waals surface area contributed by atoms with E-state index in [0.717, 1.165) is 5.32 Å². The van der Waals surface area contributed by atoms with E-state index in [0.29, 0.717) is 26.9 Å². The summed E-state index contributed by atoms with van der Waals surface area (Å²) in [7, 11) is 1.46. The monoisotopic (exact) mass is 652 g/mol. The van der Waals surface area contributed by atoms with Crippen molar-refractivity contribution in [2.45, 2.75) is 57.7 Å². The Morgan fingerprint density at radius 2 is 1.51 bits per heavy atom. The third-order valence-corrected chi connectivity index (χ3v) is 7.29. The van der Waals surface area contributed by atoms with E-state index in [9.17, 15) is 41.1 Å². The number of Topliss-reactive ketones (excluding diaryl/α,β-unsaturated/α-hetero) is 2. The molecule has 0 fully saturated rings. The number of methoxy groups -OCH3 is 1. The van der Waals surface area contributed by atoms with Crippen molar-refractivity contribution in [3.8, 4) is 5.75 Å². The van der Waals surface area contributed by atoms with E-state index >= 15 is 0 Å². The first-order chi connectivity index (χ1) is 19.9. The van der Waals surface area contributed by atoms with Crippen LogP contribution >= 0.6 is 23.2 Å². The standard InChI is InChI=1S/C29H31Cl2F5N2O5/c1-16(2)20(26(41)29(35,36)27(42)37-15-28(32,33)34)14-24(39)23(13-18-4-8-19(43-3)9-5-18)38-25(40)11-7-17-6-10-21(30)22(31)12-17/h4-6,8-10,12,16,20,23H,7,11,13-15H2,1-3H3,(H,37,42)(H,38,40)/t20-,23-/m0/s1. The van der Waals surface area contributed by atoms with E-state index < -0.39 is 66.3 Å². The number of halogens is 7. The van der Waals surface area contributed by atoms with Crippen LogP contribution in [0, 0.1) is 11.8 Å². The van der Waals surface area contributed by atoms with Gasteiger partial charge in [-0.2, -0.15) is 22.0 Å². The molecule has 0 heterocycles. The summed E-state index contributed by atoms with van der Waals surface area (Å²) < 4.78 is 71.7. The number of hydrogen-bond acceptors (Lipinski definition) is 5. The van der Waals surface area contributed by atoms with Crippen molar-refractivity contribution in [3.63, 3.8) is 0 Å². The highest BCUT2D eigenvalue weighted by Gasteiger charge is 2.51. The Bertz CT molecular complexity index is 1300. The van der Waals surface area contributed by atoms with Gasteiger partial charge in [-0.25, -0.2) is 0 Å². The van der Waals surface area contributed by atoms with Gasteiger partial charge in [0.1, 0.15) is 12.3 Å². The van der Waals surface area contributed by atoms with Gasteiger partial charge in [0.25, 0.3) is 5.91 Å². The van der Waals surface area contributed by atoms with Gasteiger partial charge < -0.3 is 15.4 Å². The minimum absolute atomic E-state index is 0.0667. The molecular weight excluding hydrogens is 622 g/mol. The first-order valence-electron chi connectivity index (χ1n) is 13.1. The van der Waals surface area contributed by atoms with Gasteiger partial charge in [-0.15, -0.1) is 0 Å². The quantitative estimate of drug-likeness (QED) is 0.188. The molecule has 0 spiro atoms. The lowest BCUT2D eigenvalue weighted by atomic mass is 9.82. The lowest BCUT2D eigenvalue weighted by Crippen LogP contribution is -2.52. The number of carbonyl (C=O) groups excluding carboxylic acids is 4. The molecule has 0 unspecified atom stereocenters. The molecule has 0 aliphatic rings. The molecule has 7 nitrogen and oxygen atoms in total. The molecule has 0 aromatic heterocycles. The van der Waals surface area contributed by atoms with Crippen LogP contribution in [0.15, 0.2) is 42.5 Å². The van der Waals surface area contributed by atoms with E-state index in [1.807, 2.05) is 0 Å². The molecule has 2 aromatic rings. The van der Waals surface area contributed by atoms with Gasteiger partial charge in [0.2, 0.25) is 11.7 Å². The molecule has 236 valence electrons. The zero-order valence-corrected chi connectivity index (χ0v) is 25.0. The van der Waals surface area contributed by atoms with Crippen LogP contribution in [0.3, 0.4) is 0 Å². The third-order valence-electron chi connectivity index (χ3n) is 6.55. The van der Waals surface area contributed by atoms with Crippen molar-refractivity contribution >= 4 is 46.6 Å². The van der Waals surface area contributed by atoms with Crippen molar-refractivity contribution in [1.29, 1.82) is 0 Å². The van der Waals surface area contributed by atoms with Crippen LogP contribution in [0.25, 0.3) is 0 Å². The van der Waals surface area contributed by atoms with E-state index in [4.69, 9.17) is 27.9 Å². The van der Waals surface area contributed by atoms with E-state index in [-0.39, 0.29) is 19.3 Å². The van der Waals surface area contributed by atoms with Crippen LogP contribution in [0.4, 0.5) is 22.0 Å². The molecule has 14 heteroatoms. The van der Waals surface area contributed by atoms with Gasteiger partial charge in [0.15, 0.2) is 5.78 Å². The van der Waals surface area contributed by atoms with Crippen LogP contribution in [-0.4, -0.2) is 55.2 Å². The molecule has 0 radical (unpaired) electrons. The van der Waals surface area contributed by atoms with Crippen LogP contribution in [0.2, 0.25) is 10.0 Å². The predicted octanol–water partition coefficient (Wildman–Crippen LogP) is 5.78. The maximum atomic E-state index is 14.7. The number of rotatable bonds is 15. The molecule has 0 aliphatic heterocycles. The highest BCUT2D eigenvalue weighted by molar-refractivity contribution is 6.42. The maximum absolute atomic E-state index is 14.7. The highest BCUT2D eigenvalue weighted by atomic mass is 35.5. The molecular formula is C29H31Cl2F5N2O5. The van der Waals surface area contributed by atoms with Gasteiger partial charge >= 0.3 is 12.1 Å². The lowest BCUT2D eigenvalue weighted by Gasteiger charge is -2.26. The summed E-state index contributed by atoms with van der Waals surface area (Å²) >= 11 is 11.9. The maximum Gasteiger partial charge on any atom is 0.405 e. The number of nitrogens with one attached hydrogen (secondary N) is 2. The van der Waals surface area contributed by atoms with Crippen LogP contribution in [-0.2, 0) is 32.0 Å². The number of carbonyl (C=O) groups is 4. The Morgan fingerprint density at radius 3 is 2.05 bits per heavy atom. The summed E-state index contributed by atoms with van der Waals surface area (Å²) in [4.78, 5) is 50.8. The van der Waals surface area contributed by atoms with Crippen LogP contribution in [0.5, 0.6) is 5.75 Å². The minimum Gasteiger partial charge on any atom is -0.497 e. The van der Waals surface area contributed by atoms with Crippen LogP contribution in [0.1, 0.15) is 37.8 Å². The van der Waals surface area contributed by atoms with Gasteiger partial charge in [0.05, 0.1) is 23.2 Å². The second-order valence-electron chi connectivity index (χ2n) is 10.2. The summed E-state index contributed by atoms with van der Waals surface area (Å²) in [6, 6.07) is 10.1. The lowest BCUT2D eigenvalue weighted by molar-refractivity contribution is -0.167. The Balaban J connectivity index is 2.24. The molecule has 2 atom stereocenters. The highest BCUT2D eigenvalue weighted by Crippen LogP contribution is 2.29. The largest absolute Gasteiger partial charge is 0.497 e. The molecule has 0 aliphatic carbocycles. The van der Waals surface area contributed by atoms with Crippen LogP contribution < -0.4 is 15.4 Å². The summed E-state index contributed by atoms with van der Waals surface area (Å²) in [5, 5.41) is 4.23. The molecule has 0 bridgehead atoms. The summed E-state index contributed by atoms with van der Waals surface area (Å²) in [6.07, 6.45) is -5.68. The molecule has 2 N–H and O–H groups in total. The zero-order chi connectivity index (χ0) is 32.5. The second-order valence-corrected chi connectivity index (χ2v) is 11.0. The van der Waals surface area contributed by atoms with Gasteiger partial charge in [-0.3, -0.25) is 19.2 Å². The van der Waals surface area contributed by atoms with E-state index in [1.165, 1.54) is 21.0 Å². The molecule has 43 heavy (non-hydrogen) atoms. The van der Waals surface area contributed by atoms with Gasteiger partial charge in [0, 0.05) is 18.8 Å². The average molecular weight is 653 g/mol. The number of aryl methyl sites for hydroxylation is 1. The fourth-order valence-electron chi connectivity index (χ4n) is 4.09. The summed E-state index contributed by atoms with van der Waals surface area (Å²) in [5.41, 5.74) is 1.27. The molecule has 0 saturated carbocycles. The van der Waals surface area contributed by atoms with E-state index in [2.05, 4.69) is 5.32 Å². The third kappa shape index (κ3) is 11.1. The first kappa shape index (κ1) is 35.9. The van der Waals surface area contributed by atoms with Crippen molar-refractivity contribution in [2.24, 2.45) is 11.8 Å². The van der Waals surface area contributed by atoms with Crippen molar-refractivity contribution in [3.05, 3.63) is 63.6 Å². The molecule has 2 amide bonds. The first-order valence-corrected chi connectivity index (χ1v) is 13.9. The number of benzene rings is 2.